The Balaban J connectivity index is 1.60. The number of hydrogen-bond donors (Lipinski definition) is 1. The first-order valence-corrected chi connectivity index (χ1v) is 9.64. The van der Waals surface area contributed by atoms with Gasteiger partial charge in [0.2, 0.25) is 0 Å². The average molecular weight is 411 g/mol. The quantitative estimate of drug-likeness (QED) is 0.394. The van der Waals surface area contributed by atoms with Crippen LogP contribution in [0.2, 0.25) is 0 Å². The Morgan fingerprint density at radius 1 is 1.31 bits per heavy atom. The molecule has 3 aromatic heterocycles. The Morgan fingerprint density at radius 2 is 2.14 bits per heavy atom. The molecule has 0 fully saturated rings. The molecule has 4 aromatic rings. The number of benzene rings is 1. The van der Waals surface area contributed by atoms with Crippen LogP contribution in [0.1, 0.15) is 21.9 Å². The molecule has 0 saturated heterocycles. The van der Waals surface area contributed by atoms with Crippen molar-refractivity contribution in [1.29, 1.82) is 0 Å². The minimum absolute atomic E-state index is 0.269. The number of methoxy groups -OCH3 is 1. The van der Waals surface area contributed by atoms with E-state index < -0.39 is 5.97 Å². The van der Waals surface area contributed by atoms with Crippen molar-refractivity contribution in [3.8, 4) is 11.4 Å². The van der Waals surface area contributed by atoms with Gasteiger partial charge < -0.3 is 18.7 Å². The highest BCUT2D eigenvalue weighted by Crippen LogP contribution is 2.27. The molecule has 29 heavy (non-hydrogen) atoms. The van der Waals surface area contributed by atoms with Crippen LogP contribution in [0.15, 0.2) is 44.9 Å². The van der Waals surface area contributed by atoms with Gasteiger partial charge in [-0.3, -0.25) is 4.79 Å². The number of fused-ring (bicyclic) bond motifs is 1. The molecule has 148 valence electrons. The van der Waals surface area contributed by atoms with Gasteiger partial charge in [0.05, 0.1) is 41.2 Å². The van der Waals surface area contributed by atoms with Gasteiger partial charge >= 0.3 is 5.97 Å². The van der Waals surface area contributed by atoms with Gasteiger partial charge in [-0.2, -0.15) is 0 Å². The SMILES string of the molecule is COC(=O)c1ccc2c(=O)[nH]c(CSc3nnc(-c4ccoc4C)n3C)nc2c1. The summed E-state index contributed by atoms with van der Waals surface area (Å²) >= 11 is 1.39. The molecular formula is C19H17N5O4S. The lowest BCUT2D eigenvalue weighted by Crippen LogP contribution is -2.12. The standard InChI is InChI=1S/C19H17N5O4S/c1-10-12(6-7-28-10)16-22-23-19(24(16)2)29-9-15-20-14-8-11(18(26)27-3)4-5-13(14)17(25)21-15/h4-8H,9H2,1-3H3,(H,20,21,25). The third kappa shape index (κ3) is 3.54. The average Bonchev–Trinajstić information content (AvgIpc) is 3.30. The molecule has 0 aliphatic carbocycles. The van der Waals surface area contributed by atoms with E-state index >= 15 is 0 Å². The second-order valence-corrected chi connectivity index (χ2v) is 7.22. The molecule has 10 heteroatoms. The Morgan fingerprint density at radius 3 is 2.86 bits per heavy atom. The number of carbonyl (C=O) groups is 1. The van der Waals surface area contributed by atoms with Crippen LogP contribution in [0.25, 0.3) is 22.3 Å². The molecule has 0 unspecified atom stereocenters. The van der Waals surface area contributed by atoms with E-state index in [0.717, 1.165) is 11.3 Å². The van der Waals surface area contributed by atoms with Crippen LogP contribution >= 0.6 is 11.8 Å². The normalized spacial score (nSPS) is 11.1. The maximum atomic E-state index is 12.4. The van der Waals surface area contributed by atoms with Gasteiger partial charge in [0.15, 0.2) is 11.0 Å². The number of nitrogens with zero attached hydrogens (tertiary/aromatic N) is 4. The van der Waals surface area contributed by atoms with E-state index in [2.05, 4.69) is 20.2 Å². The first-order valence-electron chi connectivity index (χ1n) is 8.66. The number of thioether (sulfide) groups is 1. The molecule has 1 N–H and O–H groups in total. The zero-order chi connectivity index (χ0) is 20.5. The van der Waals surface area contributed by atoms with E-state index in [1.165, 1.54) is 18.9 Å². The highest BCUT2D eigenvalue weighted by atomic mass is 32.2. The number of rotatable bonds is 5. The van der Waals surface area contributed by atoms with E-state index in [0.29, 0.717) is 39.0 Å². The number of hydrogen-bond acceptors (Lipinski definition) is 8. The van der Waals surface area contributed by atoms with E-state index in [4.69, 9.17) is 9.15 Å². The highest BCUT2D eigenvalue weighted by Gasteiger charge is 2.16. The van der Waals surface area contributed by atoms with Crippen LogP contribution in [-0.2, 0) is 17.5 Å². The van der Waals surface area contributed by atoms with Gasteiger partial charge in [0.1, 0.15) is 11.6 Å². The van der Waals surface area contributed by atoms with Crippen molar-refractivity contribution in [2.24, 2.45) is 7.05 Å². The summed E-state index contributed by atoms with van der Waals surface area (Å²) in [4.78, 5) is 31.3. The van der Waals surface area contributed by atoms with Crippen molar-refractivity contribution in [3.63, 3.8) is 0 Å². The van der Waals surface area contributed by atoms with Gasteiger partial charge in [-0.05, 0) is 31.2 Å². The molecule has 0 aliphatic heterocycles. The molecule has 0 atom stereocenters. The fourth-order valence-corrected chi connectivity index (χ4v) is 3.71. The first-order chi connectivity index (χ1) is 14.0. The third-order valence-electron chi connectivity index (χ3n) is 4.45. The second kappa shape index (κ2) is 7.55. The van der Waals surface area contributed by atoms with Gasteiger partial charge in [0.25, 0.3) is 5.56 Å². The lowest BCUT2D eigenvalue weighted by Gasteiger charge is -2.05. The van der Waals surface area contributed by atoms with Crippen molar-refractivity contribution in [1.82, 2.24) is 24.7 Å². The fraction of sp³-hybridized carbons (Fsp3) is 0.211. The Kier molecular flexibility index (Phi) is 4.93. The smallest absolute Gasteiger partial charge is 0.337 e. The highest BCUT2D eigenvalue weighted by molar-refractivity contribution is 7.98. The van der Waals surface area contributed by atoms with Crippen LogP contribution in [0, 0.1) is 6.92 Å². The maximum Gasteiger partial charge on any atom is 0.337 e. The summed E-state index contributed by atoms with van der Waals surface area (Å²) in [6.45, 7) is 1.86. The van der Waals surface area contributed by atoms with E-state index in [9.17, 15) is 9.59 Å². The molecule has 1 aromatic carbocycles. The molecule has 0 saturated carbocycles. The topological polar surface area (TPSA) is 116 Å². The predicted octanol–water partition coefficient (Wildman–Crippen LogP) is 2.70. The van der Waals surface area contributed by atoms with Gasteiger partial charge in [-0.1, -0.05) is 11.8 Å². The van der Waals surface area contributed by atoms with Crippen molar-refractivity contribution < 1.29 is 13.9 Å². The van der Waals surface area contributed by atoms with Crippen molar-refractivity contribution >= 4 is 28.6 Å². The second-order valence-electron chi connectivity index (χ2n) is 6.28. The largest absolute Gasteiger partial charge is 0.469 e. The molecule has 0 radical (unpaired) electrons. The number of esters is 1. The van der Waals surface area contributed by atoms with E-state index in [-0.39, 0.29) is 5.56 Å². The van der Waals surface area contributed by atoms with E-state index in [1.54, 1.807) is 24.5 Å². The van der Waals surface area contributed by atoms with Gasteiger partial charge in [-0.25, -0.2) is 9.78 Å². The van der Waals surface area contributed by atoms with Gasteiger partial charge in [-0.15, -0.1) is 10.2 Å². The van der Waals surface area contributed by atoms with Gasteiger partial charge in [0, 0.05) is 7.05 Å². The molecule has 9 nitrogen and oxygen atoms in total. The number of H-pyrrole nitrogens is 1. The maximum absolute atomic E-state index is 12.4. The van der Waals surface area contributed by atoms with Crippen LogP contribution < -0.4 is 5.56 Å². The molecule has 0 bridgehead atoms. The minimum Gasteiger partial charge on any atom is -0.469 e. The Bertz CT molecular complexity index is 1270. The molecule has 4 rings (SSSR count). The summed E-state index contributed by atoms with van der Waals surface area (Å²) in [6.07, 6.45) is 1.61. The lowest BCUT2D eigenvalue weighted by molar-refractivity contribution is 0.0601. The van der Waals surface area contributed by atoms with Crippen LogP contribution in [0.4, 0.5) is 0 Å². The van der Waals surface area contributed by atoms with Crippen molar-refractivity contribution in [2.45, 2.75) is 17.8 Å². The number of carbonyl (C=O) groups excluding carboxylic acids is 1. The predicted molar refractivity (Wildman–Crippen MR) is 107 cm³/mol. The number of aryl methyl sites for hydroxylation is 1. The molecule has 0 spiro atoms. The minimum atomic E-state index is -0.480. The lowest BCUT2D eigenvalue weighted by atomic mass is 10.1. The number of aromatic nitrogens is 5. The van der Waals surface area contributed by atoms with Crippen molar-refractivity contribution in [3.05, 3.63) is 58.0 Å². The zero-order valence-corrected chi connectivity index (χ0v) is 16.7. The number of ether oxygens (including phenoxy) is 1. The molecule has 0 amide bonds. The molecular weight excluding hydrogens is 394 g/mol. The molecule has 0 aliphatic rings. The monoisotopic (exact) mass is 411 g/mol. The summed E-state index contributed by atoms with van der Waals surface area (Å²) in [7, 11) is 3.17. The summed E-state index contributed by atoms with van der Waals surface area (Å²) in [5.41, 5.74) is 1.37. The van der Waals surface area contributed by atoms with E-state index in [1.807, 2.05) is 24.6 Å². The summed E-state index contributed by atoms with van der Waals surface area (Å²) in [6, 6.07) is 6.49. The Labute approximate surface area is 169 Å². The number of aromatic amines is 1. The number of furan rings is 1. The first kappa shape index (κ1) is 18.9. The molecule has 3 heterocycles. The summed E-state index contributed by atoms with van der Waals surface area (Å²) in [5, 5.41) is 9.52. The van der Waals surface area contributed by atoms with Crippen LogP contribution in [0.5, 0.6) is 0 Å². The zero-order valence-electron chi connectivity index (χ0n) is 15.9. The fourth-order valence-electron chi connectivity index (χ4n) is 2.93. The van der Waals surface area contributed by atoms with Crippen molar-refractivity contribution in [2.75, 3.05) is 7.11 Å². The van der Waals surface area contributed by atoms with Crippen LogP contribution in [0.3, 0.4) is 0 Å². The summed E-state index contributed by atoms with van der Waals surface area (Å²) < 4.78 is 11.9. The number of nitrogens with one attached hydrogen (secondary N) is 1. The Hall–Kier alpha value is -3.40. The summed E-state index contributed by atoms with van der Waals surface area (Å²) in [5.74, 6) is 1.83. The van der Waals surface area contributed by atoms with Crippen LogP contribution in [-0.4, -0.2) is 37.8 Å². The third-order valence-corrected chi connectivity index (χ3v) is 5.48.